The molecule has 0 N–H and O–H groups in total. The molecule has 1 saturated heterocycles. The molecule has 1 aromatic carbocycles. The molecule has 2 heterocycles. The van der Waals surface area contributed by atoms with Gasteiger partial charge in [0.15, 0.2) is 0 Å². The monoisotopic (exact) mass is 337 g/mol. The van der Waals surface area contributed by atoms with Gasteiger partial charge in [-0.15, -0.1) is 0 Å². The van der Waals surface area contributed by atoms with Crippen LogP contribution in [0, 0.1) is 6.92 Å². The molecule has 0 unspecified atom stereocenters. The summed E-state index contributed by atoms with van der Waals surface area (Å²) in [6, 6.07) is 14.8. The van der Waals surface area contributed by atoms with Crippen molar-refractivity contribution in [2.45, 2.75) is 25.7 Å². The maximum atomic E-state index is 12.0. The Hall–Kier alpha value is -2.20. The highest BCUT2D eigenvalue weighted by Crippen LogP contribution is 2.27. The number of pyridine rings is 1. The van der Waals surface area contributed by atoms with Crippen LogP contribution >= 0.6 is 0 Å². The van der Waals surface area contributed by atoms with Crippen molar-refractivity contribution >= 4 is 5.91 Å². The van der Waals surface area contributed by atoms with E-state index in [0.29, 0.717) is 12.5 Å². The van der Waals surface area contributed by atoms with Gasteiger partial charge in [-0.2, -0.15) is 0 Å². The lowest BCUT2D eigenvalue weighted by atomic mass is 9.93. The van der Waals surface area contributed by atoms with Crippen LogP contribution in [0.4, 0.5) is 0 Å². The predicted octanol–water partition coefficient (Wildman–Crippen LogP) is 3.32. The Morgan fingerprint density at radius 1 is 1.24 bits per heavy atom. The summed E-state index contributed by atoms with van der Waals surface area (Å²) in [6.45, 7) is 4.51. The molecule has 1 amide bonds. The Bertz CT molecular complexity index is 741. The molecule has 3 rings (SSSR count). The summed E-state index contributed by atoms with van der Waals surface area (Å²) in [5.74, 6) is 0.565. The normalized spacial score (nSPS) is 18.1. The summed E-state index contributed by atoms with van der Waals surface area (Å²) >= 11 is 0. The topological polar surface area (TPSA) is 36.4 Å². The van der Waals surface area contributed by atoms with Gasteiger partial charge in [-0.3, -0.25) is 14.7 Å². The van der Waals surface area contributed by atoms with E-state index < -0.39 is 0 Å². The first kappa shape index (κ1) is 17.6. The van der Waals surface area contributed by atoms with Crippen molar-refractivity contribution in [2.24, 2.45) is 0 Å². The number of hydrogen-bond donors (Lipinski definition) is 0. The first-order valence-corrected chi connectivity index (χ1v) is 8.99. The lowest BCUT2D eigenvalue weighted by Gasteiger charge is -2.32. The summed E-state index contributed by atoms with van der Waals surface area (Å²) in [5, 5.41) is 0. The average molecular weight is 337 g/mol. The van der Waals surface area contributed by atoms with E-state index in [9.17, 15) is 4.79 Å². The zero-order valence-corrected chi connectivity index (χ0v) is 15.4. The molecule has 0 aliphatic carbocycles. The standard InChI is InChI=1S/C21H27N3O/c1-16-7-4-8-17(13-16)19-10-5-11-20(22-19)18-9-6-12-24(14-18)15-21(25)23(2)3/h4-5,7-8,10-11,13,18H,6,9,12,14-15H2,1-3H3/t18-/m0/s1. The largest absolute Gasteiger partial charge is 0.348 e. The minimum Gasteiger partial charge on any atom is -0.348 e. The van der Waals surface area contributed by atoms with E-state index in [-0.39, 0.29) is 5.91 Å². The van der Waals surface area contributed by atoms with Crippen LogP contribution in [0.5, 0.6) is 0 Å². The molecule has 132 valence electrons. The third kappa shape index (κ3) is 4.45. The van der Waals surface area contributed by atoms with Gasteiger partial charge in [-0.1, -0.05) is 29.8 Å². The van der Waals surface area contributed by atoms with E-state index >= 15 is 0 Å². The molecule has 1 fully saturated rings. The highest BCUT2D eigenvalue weighted by Gasteiger charge is 2.24. The van der Waals surface area contributed by atoms with E-state index in [0.717, 1.165) is 42.9 Å². The average Bonchev–Trinajstić information content (AvgIpc) is 2.62. The lowest BCUT2D eigenvalue weighted by molar-refractivity contribution is -0.130. The fourth-order valence-corrected chi connectivity index (χ4v) is 3.42. The summed E-state index contributed by atoms with van der Waals surface area (Å²) < 4.78 is 0. The Labute approximate surface area is 150 Å². The van der Waals surface area contributed by atoms with Crippen molar-refractivity contribution in [3.8, 4) is 11.3 Å². The SMILES string of the molecule is Cc1cccc(-c2cccc([C@H]3CCCN(CC(=O)N(C)C)C3)n2)c1. The van der Waals surface area contributed by atoms with Crippen LogP contribution in [0.1, 0.15) is 30.0 Å². The van der Waals surface area contributed by atoms with Crippen molar-refractivity contribution in [1.29, 1.82) is 0 Å². The molecule has 25 heavy (non-hydrogen) atoms. The maximum absolute atomic E-state index is 12.0. The second-order valence-electron chi connectivity index (χ2n) is 7.18. The zero-order chi connectivity index (χ0) is 17.8. The molecular formula is C21H27N3O. The number of carbonyl (C=O) groups excluding carboxylic acids is 1. The van der Waals surface area contributed by atoms with Crippen LogP contribution < -0.4 is 0 Å². The molecule has 1 aliphatic heterocycles. The minimum atomic E-state index is 0.169. The number of rotatable bonds is 4. The van der Waals surface area contributed by atoms with E-state index in [1.54, 1.807) is 4.90 Å². The van der Waals surface area contributed by atoms with Crippen LogP contribution in [0.15, 0.2) is 42.5 Å². The summed E-state index contributed by atoms with van der Waals surface area (Å²) in [7, 11) is 3.63. The van der Waals surface area contributed by atoms with E-state index in [1.807, 2.05) is 14.1 Å². The molecule has 4 nitrogen and oxygen atoms in total. The van der Waals surface area contributed by atoms with Gasteiger partial charge < -0.3 is 4.90 Å². The molecule has 2 aromatic rings. The molecule has 4 heteroatoms. The lowest BCUT2D eigenvalue weighted by Crippen LogP contribution is -2.41. The molecule has 1 atom stereocenters. The Balaban J connectivity index is 1.75. The summed E-state index contributed by atoms with van der Waals surface area (Å²) in [5.41, 5.74) is 4.58. The first-order chi connectivity index (χ1) is 12.0. The Kier molecular flexibility index (Phi) is 5.49. The van der Waals surface area contributed by atoms with Crippen molar-refractivity contribution < 1.29 is 4.79 Å². The number of aromatic nitrogens is 1. The molecule has 1 aromatic heterocycles. The minimum absolute atomic E-state index is 0.169. The molecule has 0 saturated carbocycles. The molecular weight excluding hydrogens is 310 g/mol. The van der Waals surface area contributed by atoms with Gasteiger partial charge in [0.25, 0.3) is 0 Å². The third-order valence-electron chi connectivity index (χ3n) is 4.87. The van der Waals surface area contributed by atoms with E-state index in [4.69, 9.17) is 4.98 Å². The predicted molar refractivity (Wildman–Crippen MR) is 102 cm³/mol. The Morgan fingerprint density at radius 2 is 2.04 bits per heavy atom. The quantitative estimate of drug-likeness (QED) is 0.859. The highest BCUT2D eigenvalue weighted by atomic mass is 16.2. The van der Waals surface area contributed by atoms with Gasteiger partial charge in [0.1, 0.15) is 0 Å². The fourth-order valence-electron chi connectivity index (χ4n) is 3.42. The molecule has 0 radical (unpaired) electrons. The summed E-state index contributed by atoms with van der Waals surface area (Å²) in [4.78, 5) is 20.9. The zero-order valence-electron chi connectivity index (χ0n) is 15.4. The van der Waals surface area contributed by atoms with Crippen LogP contribution in [-0.2, 0) is 4.79 Å². The number of piperidine rings is 1. The van der Waals surface area contributed by atoms with Gasteiger partial charge >= 0.3 is 0 Å². The maximum Gasteiger partial charge on any atom is 0.236 e. The smallest absolute Gasteiger partial charge is 0.236 e. The second-order valence-corrected chi connectivity index (χ2v) is 7.18. The van der Waals surface area contributed by atoms with Crippen LogP contribution in [0.25, 0.3) is 11.3 Å². The number of likely N-dealkylation sites (tertiary alicyclic amines) is 1. The van der Waals surface area contributed by atoms with Gasteiger partial charge in [0.05, 0.1) is 12.2 Å². The first-order valence-electron chi connectivity index (χ1n) is 8.99. The van der Waals surface area contributed by atoms with Crippen LogP contribution in [0.3, 0.4) is 0 Å². The van der Waals surface area contributed by atoms with Crippen LogP contribution in [-0.4, -0.2) is 54.4 Å². The van der Waals surface area contributed by atoms with Crippen molar-refractivity contribution in [2.75, 3.05) is 33.7 Å². The van der Waals surface area contributed by atoms with E-state index in [2.05, 4.69) is 54.3 Å². The number of carbonyl (C=O) groups is 1. The van der Waals surface area contributed by atoms with E-state index in [1.165, 1.54) is 5.56 Å². The molecule has 0 spiro atoms. The van der Waals surface area contributed by atoms with Gasteiger partial charge in [-0.05, 0) is 44.5 Å². The van der Waals surface area contributed by atoms with Crippen molar-refractivity contribution in [1.82, 2.24) is 14.8 Å². The van der Waals surface area contributed by atoms with Gasteiger partial charge in [0, 0.05) is 37.8 Å². The second kappa shape index (κ2) is 7.79. The van der Waals surface area contributed by atoms with Crippen molar-refractivity contribution in [3.63, 3.8) is 0 Å². The molecule has 0 bridgehead atoms. The number of nitrogens with zero attached hydrogens (tertiary/aromatic N) is 3. The molecule has 1 aliphatic rings. The number of aryl methyl sites for hydroxylation is 1. The van der Waals surface area contributed by atoms with Gasteiger partial charge in [-0.25, -0.2) is 0 Å². The van der Waals surface area contributed by atoms with Crippen molar-refractivity contribution in [3.05, 3.63) is 53.7 Å². The number of amides is 1. The number of likely N-dealkylation sites (N-methyl/N-ethyl adjacent to an activating group) is 1. The Morgan fingerprint density at radius 3 is 2.80 bits per heavy atom. The third-order valence-corrected chi connectivity index (χ3v) is 4.87. The summed E-state index contributed by atoms with van der Waals surface area (Å²) in [6.07, 6.45) is 2.25. The number of benzene rings is 1. The fraction of sp³-hybridized carbons (Fsp3) is 0.429. The highest BCUT2D eigenvalue weighted by molar-refractivity contribution is 5.77. The number of hydrogen-bond acceptors (Lipinski definition) is 3. The van der Waals surface area contributed by atoms with Crippen LogP contribution in [0.2, 0.25) is 0 Å². The van der Waals surface area contributed by atoms with Gasteiger partial charge in [0.2, 0.25) is 5.91 Å².